The quantitative estimate of drug-likeness (QED) is 0.397. The standard InChI is InChI=1S/C24H32F3N5O5/c1-11(14(33)12-8-7-9-30-16(12)34)22(18(28)36)23(29)13(21(23,5)6)10-32(22)17(35)15(20(2,3)4)31-19(37)24(25,26)27/h7-9,11,13,15H,10,29H2,1-6H3,(H2,28,36)(H,30,34)(H,31,37)/t11?,13?,15-,22?,23?/m1/s1. The molecule has 5 atom stereocenters. The molecule has 2 heterocycles. The molecule has 13 heteroatoms. The highest BCUT2D eigenvalue weighted by Crippen LogP contribution is 2.72. The number of hydrogen-bond donors (Lipinski definition) is 4. The Balaban J connectivity index is 2.19. The molecule has 1 saturated heterocycles. The second kappa shape index (κ2) is 8.40. The van der Waals surface area contributed by atoms with Gasteiger partial charge in [-0.05, 0) is 23.0 Å². The summed E-state index contributed by atoms with van der Waals surface area (Å²) in [4.78, 5) is 68.3. The van der Waals surface area contributed by atoms with Gasteiger partial charge in [0, 0.05) is 18.7 Å². The van der Waals surface area contributed by atoms with Crippen LogP contribution in [-0.2, 0) is 14.4 Å². The van der Waals surface area contributed by atoms with Crippen LogP contribution in [0.1, 0.15) is 51.9 Å². The minimum absolute atomic E-state index is 0.192. The number of piperidine rings is 1. The molecule has 1 aliphatic carbocycles. The molecule has 1 aromatic heterocycles. The summed E-state index contributed by atoms with van der Waals surface area (Å²) in [5.74, 6) is -7.33. The van der Waals surface area contributed by atoms with E-state index in [1.54, 1.807) is 19.2 Å². The van der Waals surface area contributed by atoms with Crippen LogP contribution in [0.5, 0.6) is 0 Å². The van der Waals surface area contributed by atoms with E-state index < -0.39 is 75.0 Å². The van der Waals surface area contributed by atoms with Gasteiger partial charge in [0.25, 0.3) is 5.56 Å². The molecule has 6 N–H and O–H groups in total. The van der Waals surface area contributed by atoms with Crippen molar-refractivity contribution >= 4 is 23.5 Å². The molecule has 0 radical (unpaired) electrons. The number of H-pyrrole nitrogens is 1. The summed E-state index contributed by atoms with van der Waals surface area (Å²) in [5, 5.41) is 1.73. The Morgan fingerprint density at radius 1 is 1.19 bits per heavy atom. The molecular formula is C24H32F3N5O5. The van der Waals surface area contributed by atoms with Crippen LogP contribution in [0.15, 0.2) is 23.1 Å². The summed E-state index contributed by atoms with van der Waals surface area (Å²) in [7, 11) is 0. The summed E-state index contributed by atoms with van der Waals surface area (Å²) >= 11 is 0. The van der Waals surface area contributed by atoms with E-state index in [0.717, 1.165) is 4.90 Å². The fourth-order valence-corrected chi connectivity index (χ4v) is 6.05. The molecule has 2 fully saturated rings. The van der Waals surface area contributed by atoms with Crippen molar-refractivity contribution in [2.24, 2.45) is 34.1 Å². The van der Waals surface area contributed by atoms with Crippen LogP contribution in [0.25, 0.3) is 0 Å². The molecule has 10 nitrogen and oxygen atoms in total. The van der Waals surface area contributed by atoms with E-state index in [1.165, 1.54) is 46.0 Å². The number of ketones is 1. The molecule has 0 aromatic carbocycles. The van der Waals surface area contributed by atoms with Crippen molar-refractivity contribution < 1.29 is 32.3 Å². The number of amides is 3. The normalized spacial score (nSPS) is 28.2. The predicted octanol–water partition coefficient (Wildman–Crippen LogP) is 0.707. The monoisotopic (exact) mass is 527 g/mol. The average molecular weight is 528 g/mol. The van der Waals surface area contributed by atoms with Gasteiger partial charge in [0.05, 0.1) is 17.0 Å². The Morgan fingerprint density at radius 2 is 1.76 bits per heavy atom. The summed E-state index contributed by atoms with van der Waals surface area (Å²) < 4.78 is 39.3. The number of alkyl halides is 3. The van der Waals surface area contributed by atoms with Gasteiger partial charge in [0.1, 0.15) is 11.6 Å². The average Bonchev–Trinajstić information content (AvgIpc) is 3.04. The van der Waals surface area contributed by atoms with Crippen molar-refractivity contribution in [1.82, 2.24) is 15.2 Å². The minimum Gasteiger partial charge on any atom is -0.368 e. The number of carbonyl (C=O) groups excluding carboxylic acids is 4. The zero-order chi connectivity index (χ0) is 28.5. The van der Waals surface area contributed by atoms with Gasteiger partial charge in [-0.25, -0.2) is 0 Å². The lowest BCUT2D eigenvalue weighted by Crippen LogP contribution is -2.75. The lowest BCUT2D eigenvalue weighted by atomic mass is 9.69. The molecule has 1 aliphatic heterocycles. The van der Waals surface area contributed by atoms with Crippen molar-refractivity contribution in [3.8, 4) is 0 Å². The number of aromatic amines is 1. The van der Waals surface area contributed by atoms with Crippen LogP contribution in [-0.4, -0.2) is 63.2 Å². The number of nitrogens with two attached hydrogens (primary N) is 2. The highest BCUT2D eigenvalue weighted by molar-refractivity contribution is 6.06. The first-order valence-corrected chi connectivity index (χ1v) is 11.7. The Hall–Kier alpha value is -3.22. The third kappa shape index (κ3) is 3.85. The van der Waals surface area contributed by atoms with Crippen LogP contribution >= 0.6 is 0 Å². The van der Waals surface area contributed by atoms with Crippen molar-refractivity contribution in [3.05, 3.63) is 34.2 Å². The van der Waals surface area contributed by atoms with E-state index in [2.05, 4.69) is 4.98 Å². The molecule has 3 amide bonds. The third-order valence-corrected chi connectivity index (χ3v) is 8.22. The van der Waals surface area contributed by atoms with Crippen molar-refractivity contribution in [2.75, 3.05) is 6.54 Å². The van der Waals surface area contributed by atoms with Crippen molar-refractivity contribution in [1.29, 1.82) is 0 Å². The van der Waals surface area contributed by atoms with Crippen LogP contribution < -0.4 is 22.3 Å². The number of primary amides is 1. The number of carbonyl (C=O) groups is 4. The second-order valence-electron chi connectivity index (χ2n) is 11.5. The lowest BCUT2D eigenvalue weighted by Gasteiger charge is -2.49. The Bertz CT molecular complexity index is 1220. The number of fused-ring (bicyclic) bond motifs is 1. The van der Waals surface area contributed by atoms with E-state index in [1.807, 2.05) is 0 Å². The molecule has 4 unspecified atom stereocenters. The highest BCUT2D eigenvalue weighted by atomic mass is 19.4. The smallest absolute Gasteiger partial charge is 0.368 e. The fourth-order valence-electron chi connectivity index (χ4n) is 6.05. The van der Waals surface area contributed by atoms with Gasteiger partial charge >= 0.3 is 12.1 Å². The fraction of sp³-hybridized carbons (Fsp3) is 0.625. The molecular weight excluding hydrogens is 495 g/mol. The van der Waals surface area contributed by atoms with Crippen LogP contribution in [0.2, 0.25) is 0 Å². The third-order valence-electron chi connectivity index (χ3n) is 8.22. The maximum atomic E-state index is 13.9. The first-order chi connectivity index (χ1) is 16.7. The Kier molecular flexibility index (Phi) is 6.44. The summed E-state index contributed by atoms with van der Waals surface area (Å²) in [6.45, 7) is 8.90. The zero-order valence-corrected chi connectivity index (χ0v) is 21.4. The van der Waals surface area contributed by atoms with Crippen LogP contribution in [0.3, 0.4) is 0 Å². The molecule has 0 spiro atoms. The van der Waals surface area contributed by atoms with E-state index in [-0.39, 0.29) is 12.1 Å². The molecule has 204 valence electrons. The van der Waals surface area contributed by atoms with Gasteiger partial charge in [-0.15, -0.1) is 0 Å². The zero-order valence-electron chi connectivity index (χ0n) is 21.4. The number of likely N-dealkylation sites (tertiary alicyclic amines) is 1. The Morgan fingerprint density at radius 3 is 2.22 bits per heavy atom. The van der Waals surface area contributed by atoms with E-state index in [4.69, 9.17) is 11.5 Å². The first kappa shape index (κ1) is 28.4. The van der Waals surface area contributed by atoms with E-state index in [0.29, 0.717) is 0 Å². The molecule has 1 aromatic rings. The van der Waals surface area contributed by atoms with Crippen molar-refractivity contribution in [3.63, 3.8) is 0 Å². The number of hydrogen-bond acceptors (Lipinski definition) is 6. The lowest BCUT2D eigenvalue weighted by molar-refractivity contribution is -0.176. The number of nitrogens with zero attached hydrogens (tertiary/aromatic N) is 1. The summed E-state index contributed by atoms with van der Waals surface area (Å²) in [5.41, 5.74) is 5.87. The number of nitrogens with one attached hydrogen (secondary N) is 2. The number of pyridine rings is 1. The van der Waals surface area contributed by atoms with Gasteiger partial charge in [-0.2, -0.15) is 13.2 Å². The highest BCUT2D eigenvalue weighted by Gasteiger charge is 2.87. The maximum absolute atomic E-state index is 13.9. The summed E-state index contributed by atoms with van der Waals surface area (Å²) in [6.07, 6.45) is -3.97. The number of rotatable bonds is 6. The minimum atomic E-state index is -5.27. The molecule has 37 heavy (non-hydrogen) atoms. The molecule has 3 rings (SSSR count). The Labute approximate surface area is 211 Å². The van der Waals surface area contributed by atoms with Gasteiger partial charge in [-0.1, -0.05) is 41.5 Å². The topological polar surface area (TPSA) is 168 Å². The predicted molar refractivity (Wildman–Crippen MR) is 126 cm³/mol. The van der Waals surface area contributed by atoms with E-state index >= 15 is 0 Å². The second-order valence-corrected chi connectivity index (χ2v) is 11.5. The molecule has 1 saturated carbocycles. The first-order valence-electron chi connectivity index (χ1n) is 11.7. The van der Waals surface area contributed by atoms with E-state index in [9.17, 15) is 37.1 Å². The SMILES string of the molecule is CC(C(=O)c1ccc[nH]c1=O)C1(C(N)=O)N(C(=O)[C@@H](NC(=O)C(F)(F)F)C(C)(C)C)CC2C(C)(C)C21N. The van der Waals surface area contributed by atoms with Crippen LogP contribution in [0, 0.1) is 22.7 Å². The van der Waals surface area contributed by atoms with Crippen LogP contribution in [0.4, 0.5) is 13.2 Å². The van der Waals surface area contributed by atoms with Gasteiger partial charge < -0.3 is 26.7 Å². The number of Topliss-reactive ketones (excluding diaryl/α,β-unsaturated/α-hetero) is 1. The van der Waals surface area contributed by atoms with Crippen molar-refractivity contribution in [2.45, 2.75) is 64.8 Å². The van der Waals surface area contributed by atoms with Gasteiger partial charge in [0.15, 0.2) is 5.78 Å². The van der Waals surface area contributed by atoms with Gasteiger partial charge in [0.2, 0.25) is 11.8 Å². The molecule has 0 bridgehead atoms. The maximum Gasteiger partial charge on any atom is 0.471 e. The summed E-state index contributed by atoms with van der Waals surface area (Å²) in [6, 6.07) is 0.903. The number of halogens is 3. The van der Waals surface area contributed by atoms with Gasteiger partial charge in [-0.3, -0.25) is 24.0 Å². The molecule has 2 aliphatic rings. The largest absolute Gasteiger partial charge is 0.471 e. The number of aromatic nitrogens is 1.